The molecule has 0 aromatic rings. The summed E-state index contributed by atoms with van der Waals surface area (Å²) in [6.45, 7) is 0. The van der Waals surface area contributed by atoms with Crippen LogP contribution in [0.15, 0.2) is 0 Å². The first-order valence-corrected chi connectivity index (χ1v) is 5.10. The van der Waals surface area contributed by atoms with Gasteiger partial charge in [-0.15, -0.1) is 0 Å². The van der Waals surface area contributed by atoms with E-state index < -0.39 is 5.97 Å². The van der Waals surface area contributed by atoms with E-state index in [9.17, 15) is 4.79 Å². The van der Waals surface area contributed by atoms with Crippen LogP contribution in [-0.2, 0) is 15.7 Å². The highest BCUT2D eigenvalue weighted by Crippen LogP contribution is 1.93. The minimum absolute atomic E-state index is 0.325. The number of carbonyl (C=O) groups is 1. The summed E-state index contributed by atoms with van der Waals surface area (Å²) in [5, 5.41) is 8.23. The van der Waals surface area contributed by atoms with Gasteiger partial charge in [0.1, 0.15) is 5.75 Å². The van der Waals surface area contributed by atoms with Gasteiger partial charge in [-0.2, -0.15) is 0 Å². The Bertz CT molecular complexity index is 91.1. The van der Waals surface area contributed by atoms with Crippen LogP contribution in [-0.4, -0.2) is 29.3 Å². The third-order valence-electron chi connectivity index (χ3n) is 0.943. The first-order valence-electron chi connectivity index (χ1n) is 2.89. The van der Waals surface area contributed by atoms with E-state index in [4.69, 9.17) is 5.11 Å². The zero-order chi connectivity index (χ0) is 7.28. The Labute approximate surface area is 58.6 Å². The largest absolute Gasteiger partial charge is 0.481 e. The molecule has 1 N–H and O–H groups in total. The molecule has 0 rings (SSSR count). The number of aliphatic carboxylic acids is 1. The molecule has 0 heterocycles. The third-order valence-corrected chi connectivity index (χ3v) is 2.05. The Morgan fingerprint density at radius 2 is 2.11 bits per heavy atom. The summed E-state index contributed by atoms with van der Waals surface area (Å²) in [5.74, 6) is 0.368. The highest BCUT2D eigenvalue weighted by atomic mass is 32.2. The van der Waals surface area contributed by atoms with Crippen LogP contribution in [0, 0.1) is 0 Å². The average molecular weight is 149 g/mol. The van der Waals surface area contributed by atoms with Gasteiger partial charge < -0.3 is 5.11 Å². The van der Waals surface area contributed by atoms with Crippen molar-refractivity contribution >= 4 is 16.9 Å². The minimum Gasteiger partial charge on any atom is -0.481 e. The number of hydrogen-bond acceptors (Lipinski definition) is 1. The molecule has 54 valence electrons. The van der Waals surface area contributed by atoms with Crippen molar-refractivity contribution in [3.63, 3.8) is 0 Å². The first-order chi connectivity index (χ1) is 4.13. The molecule has 0 atom stereocenters. The van der Waals surface area contributed by atoms with Crippen molar-refractivity contribution in [2.24, 2.45) is 0 Å². The molecule has 0 amide bonds. The summed E-state index contributed by atoms with van der Waals surface area (Å²) in [6.07, 6.45) is 5.40. The molecule has 0 aromatic carbocycles. The maximum atomic E-state index is 9.98. The molecule has 2 nitrogen and oxygen atoms in total. The molecule has 0 unspecified atom stereocenters. The predicted molar refractivity (Wildman–Crippen MR) is 40.9 cm³/mol. The van der Waals surface area contributed by atoms with Gasteiger partial charge in [0.15, 0.2) is 0 Å². The molecular formula is C6H13O2S+. The molecule has 0 saturated carbocycles. The van der Waals surface area contributed by atoms with Gasteiger partial charge in [-0.25, -0.2) is 0 Å². The lowest BCUT2D eigenvalue weighted by atomic mass is 10.3. The molecule has 0 aromatic heterocycles. The van der Waals surface area contributed by atoms with Crippen LogP contribution in [0.2, 0.25) is 0 Å². The molecule has 0 fully saturated rings. The molecular weight excluding hydrogens is 136 g/mol. The Morgan fingerprint density at radius 3 is 2.44 bits per heavy atom. The maximum Gasteiger partial charge on any atom is 0.303 e. The molecule has 0 saturated heterocycles. The normalized spacial score (nSPS) is 10.1. The summed E-state index contributed by atoms with van der Waals surface area (Å²) in [6, 6.07) is 0. The number of hydrogen-bond donors (Lipinski definition) is 1. The zero-order valence-electron chi connectivity index (χ0n) is 5.89. The number of carboxylic acids is 1. The van der Waals surface area contributed by atoms with Crippen molar-refractivity contribution < 1.29 is 9.90 Å². The smallest absolute Gasteiger partial charge is 0.303 e. The second-order valence-corrected chi connectivity index (χ2v) is 4.57. The maximum absolute atomic E-state index is 9.98. The van der Waals surface area contributed by atoms with Crippen molar-refractivity contribution in [2.75, 3.05) is 18.3 Å². The summed E-state index contributed by atoms with van der Waals surface area (Å²) in [7, 11) is 0.405. The Balaban J connectivity index is 3.01. The van der Waals surface area contributed by atoms with Crippen LogP contribution >= 0.6 is 0 Å². The monoisotopic (exact) mass is 149 g/mol. The predicted octanol–water partition coefficient (Wildman–Crippen LogP) is 0.729. The first kappa shape index (κ1) is 8.82. The van der Waals surface area contributed by atoms with Crippen LogP contribution in [0.1, 0.15) is 12.8 Å². The van der Waals surface area contributed by atoms with E-state index in [0.717, 1.165) is 12.2 Å². The SMILES string of the molecule is C[S+](C)CCCC(=O)O. The van der Waals surface area contributed by atoms with E-state index in [0.29, 0.717) is 17.3 Å². The lowest BCUT2D eigenvalue weighted by Crippen LogP contribution is -2.04. The van der Waals surface area contributed by atoms with Gasteiger partial charge in [0.2, 0.25) is 0 Å². The second-order valence-electron chi connectivity index (χ2n) is 2.19. The molecule has 0 spiro atoms. The summed E-state index contributed by atoms with van der Waals surface area (Å²) in [4.78, 5) is 9.98. The van der Waals surface area contributed by atoms with Gasteiger partial charge in [-0.3, -0.25) is 4.79 Å². The van der Waals surface area contributed by atoms with Gasteiger partial charge in [-0.1, -0.05) is 0 Å². The van der Waals surface area contributed by atoms with Crippen LogP contribution in [0.5, 0.6) is 0 Å². The van der Waals surface area contributed by atoms with Gasteiger partial charge >= 0.3 is 5.97 Å². The fraction of sp³-hybridized carbons (Fsp3) is 0.833. The standard InChI is InChI=1S/C6H12O2S/c1-9(2)5-3-4-6(7)8/h3-5H2,1-2H3/p+1. The molecule has 0 aliphatic rings. The van der Waals surface area contributed by atoms with E-state index in [-0.39, 0.29) is 0 Å². The van der Waals surface area contributed by atoms with Crippen LogP contribution in [0.4, 0.5) is 0 Å². The van der Waals surface area contributed by atoms with E-state index >= 15 is 0 Å². The number of carboxylic acid groups (broad SMARTS) is 1. The van der Waals surface area contributed by atoms with E-state index in [2.05, 4.69) is 12.5 Å². The van der Waals surface area contributed by atoms with Crippen molar-refractivity contribution in [1.82, 2.24) is 0 Å². The summed E-state index contributed by atoms with van der Waals surface area (Å²) in [5.41, 5.74) is 0. The van der Waals surface area contributed by atoms with Crippen LogP contribution in [0.3, 0.4) is 0 Å². The minimum atomic E-state index is -0.680. The molecule has 0 aliphatic carbocycles. The van der Waals surface area contributed by atoms with Gasteiger partial charge in [0, 0.05) is 12.8 Å². The van der Waals surface area contributed by atoms with Gasteiger partial charge in [0.05, 0.1) is 12.5 Å². The average Bonchev–Trinajstić information content (AvgIpc) is 1.63. The summed E-state index contributed by atoms with van der Waals surface area (Å²) >= 11 is 0. The lowest BCUT2D eigenvalue weighted by molar-refractivity contribution is -0.137. The van der Waals surface area contributed by atoms with Crippen LogP contribution < -0.4 is 0 Å². The highest BCUT2D eigenvalue weighted by molar-refractivity contribution is 7.95. The Kier molecular flexibility index (Phi) is 4.58. The van der Waals surface area contributed by atoms with E-state index in [1.165, 1.54) is 0 Å². The molecule has 3 heteroatoms. The molecule has 9 heavy (non-hydrogen) atoms. The van der Waals surface area contributed by atoms with Crippen molar-refractivity contribution in [2.45, 2.75) is 12.8 Å². The molecule has 0 bridgehead atoms. The van der Waals surface area contributed by atoms with Crippen molar-refractivity contribution in [3.05, 3.63) is 0 Å². The quantitative estimate of drug-likeness (QED) is 0.598. The topological polar surface area (TPSA) is 37.3 Å². The zero-order valence-corrected chi connectivity index (χ0v) is 6.70. The summed E-state index contributed by atoms with van der Waals surface area (Å²) < 4.78 is 0. The number of rotatable bonds is 4. The molecule has 0 aliphatic heterocycles. The third kappa shape index (κ3) is 7.82. The van der Waals surface area contributed by atoms with E-state index in [1.54, 1.807) is 0 Å². The van der Waals surface area contributed by atoms with E-state index in [1.807, 2.05) is 0 Å². The Hall–Kier alpha value is -0.180. The van der Waals surface area contributed by atoms with Crippen molar-refractivity contribution in [1.29, 1.82) is 0 Å². The van der Waals surface area contributed by atoms with Gasteiger partial charge in [-0.05, 0) is 10.9 Å². The highest BCUT2D eigenvalue weighted by Gasteiger charge is 2.03. The lowest BCUT2D eigenvalue weighted by Gasteiger charge is -1.92. The van der Waals surface area contributed by atoms with Gasteiger partial charge in [0.25, 0.3) is 0 Å². The molecule has 0 radical (unpaired) electrons. The van der Waals surface area contributed by atoms with Crippen molar-refractivity contribution in [3.8, 4) is 0 Å². The fourth-order valence-electron chi connectivity index (χ4n) is 0.512. The second kappa shape index (κ2) is 4.68. The fourth-order valence-corrected chi connectivity index (χ4v) is 1.23. The van der Waals surface area contributed by atoms with Crippen LogP contribution in [0.25, 0.3) is 0 Å². The Morgan fingerprint density at radius 1 is 1.56 bits per heavy atom.